The highest BCUT2D eigenvalue weighted by molar-refractivity contribution is 7.89. The number of nitriles is 1. The number of oxazole rings is 1. The summed E-state index contributed by atoms with van der Waals surface area (Å²) in [6.07, 6.45) is 1.80. The second kappa shape index (κ2) is 8.61. The van der Waals surface area contributed by atoms with E-state index in [1.807, 2.05) is 18.7 Å². The average Bonchev–Trinajstić information content (AvgIpc) is 3.18. The molecule has 3 heterocycles. The Morgan fingerprint density at radius 1 is 1.06 bits per heavy atom. The number of hydrogen-bond acceptors (Lipinski definition) is 7. The number of morpholine rings is 1. The zero-order valence-electron chi connectivity index (χ0n) is 18.1. The van der Waals surface area contributed by atoms with Crippen molar-refractivity contribution in [1.82, 2.24) is 9.29 Å². The van der Waals surface area contributed by atoms with E-state index >= 15 is 0 Å². The van der Waals surface area contributed by atoms with Gasteiger partial charge in [0.05, 0.1) is 17.1 Å². The molecule has 1 aromatic carbocycles. The fourth-order valence-electron chi connectivity index (χ4n) is 4.21. The Hall–Kier alpha value is -2.41. The van der Waals surface area contributed by atoms with Gasteiger partial charge in [-0.25, -0.2) is 8.42 Å². The Kier molecular flexibility index (Phi) is 6.06. The van der Waals surface area contributed by atoms with E-state index in [0.717, 1.165) is 12.8 Å². The van der Waals surface area contributed by atoms with Gasteiger partial charge in [-0.05, 0) is 56.9 Å². The minimum Gasteiger partial charge on any atom is -0.419 e. The third-order valence-corrected chi connectivity index (χ3v) is 7.82. The molecular weight excluding hydrogens is 416 g/mol. The zero-order valence-corrected chi connectivity index (χ0v) is 18.9. The van der Waals surface area contributed by atoms with Crippen LogP contribution in [0.25, 0.3) is 11.5 Å². The van der Waals surface area contributed by atoms with Crippen LogP contribution in [0, 0.1) is 17.2 Å². The molecule has 2 aliphatic rings. The molecule has 31 heavy (non-hydrogen) atoms. The van der Waals surface area contributed by atoms with Crippen molar-refractivity contribution in [3.8, 4) is 17.5 Å². The third-order valence-electron chi connectivity index (χ3n) is 5.90. The van der Waals surface area contributed by atoms with Gasteiger partial charge < -0.3 is 14.1 Å². The lowest BCUT2D eigenvalue weighted by Gasteiger charge is -2.34. The van der Waals surface area contributed by atoms with Gasteiger partial charge in [-0.15, -0.1) is 0 Å². The summed E-state index contributed by atoms with van der Waals surface area (Å²) in [4.78, 5) is 6.58. The summed E-state index contributed by atoms with van der Waals surface area (Å²) >= 11 is 0. The average molecular weight is 445 g/mol. The number of benzene rings is 1. The number of piperidine rings is 1. The van der Waals surface area contributed by atoms with Gasteiger partial charge in [0.2, 0.25) is 27.5 Å². The molecule has 2 aliphatic heterocycles. The van der Waals surface area contributed by atoms with E-state index in [1.165, 1.54) is 0 Å². The van der Waals surface area contributed by atoms with Gasteiger partial charge in [0.1, 0.15) is 6.07 Å². The molecule has 1 aromatic heterocycles. The van der Waals surface area contributed by atoms with Gasteiger partial charge in [0.25, 0.3) is 0 Å². The van der Waals surface area contributed by atoms with Crippen LogP contribution >= 0.6 is 0 Å². The van der Waals surface area contributed by atoms with E-state index in [-0.39, 0.29) is 22.8 Å². The summed E-state index contributed by atoms with van der Waals surface area (Å²) < 4.78 is 39.1. The van der Waals surface area contributed by atoms with Crippen molar-refractivity contribution in [3.05, 3.63) is 30.0 Å². The molecule has 2 unspecified atom stereocenters. The van der Waals surface area contributed by atoms with Crippen molar-refractivity contribution < 1.29 is 17.6 Å². The van der Waals surface area contributed by atoms with E-state index in [0.29, 0.717) is 49.4 Å². The van der Waals surface area contributed by atoms with Crippen LogP contribution in [0.1, 0.15) is 39.3 Å². The van der Waals surface area contributed by atoms with Crippen LogP contribution in [0.15, 0.2) is 33.6 Å². The number of aromatic nitrogens is 1. The molecule has 4 rings (SSSR count). The summed E-state index contributed by atoms with van der Waals surface area (Å²) in [5.41, 5.74) is 0.846. The first-order valence-corrected chi connectivity index (χ1v) is 12.1. The Morgan fingerprint density at radius 2 is 1.68 bits per heavy atom. The van der Waals surface area contributed by atoms with E-state index in [4.69, 9.17) is 9.15 Å². The molecule has 0 bridgehead atoms. The predicted octanol–water partition coefficient (Wildman–Crippen LogP) is 3.25. The monoisotopic (exact) mass is 444 g/mol. The highest BCUT2D eigenvalue weighted by Crippen LogP contribution is 2.31. The fourth-order valence-corrected chi connectivity index (χ4v) is 5.68. The van der Waals surface area contributed by atoms with Crippen LogP contribution in [0.4, 0.5) is 5.88 Å². The lowest BCUT2D eigenvalue weighted by atomic mass is 10.0. The van der Waals surface area contributed by atoms with Gasteiger partial charge in [0, 0.05) is 31.7 Å². The van der Waals surface area contributed by atoms with Crippen LogP contribution < -0.4 is 4.90 Å². The van der Waals surface area contributed by atoms with E-state index < -0.39 is 10.0 Å². The first-order valence-electron chi connectivity index (χ1n) is 10.7. The second-order valence-electron chi connectivity index (χ2n) is 8.56. The zero-order chi connectivity index (χ0) is 22.2. The lowest BCUT2D eigenvalue weighted by Crippen LogP contribution is -2.45. The molecule has 2 saturated heterocycles. The number of sulfonamides is 1. The van der Waals surface area contributed by atoms with Gasteiger partial charge in [-0.3, -0.25) is 0 Å². The standard InChI is InChI=1S/C22H28N4O4S/c1-15-8-10-26(11-9-15)31(27,28)19-6-4-18(5-7-19)21-24-20(12-23)22(30-21)25-13-16(2)29-17(3)14-25/h4-7,15-17H,8-11,13-14H2,1-3H3. The van der Waals surface area contributed by atoms with E-state index in [2.05, 4.69) is 18.0 Å². The topological polar surface area (TPSA) is 99.7 Å². The maximum Gasteiger partial charge on any atom is 0.243 e. The first-order chi connectivity index (χ1) is 14.8. The number of hydrogen-bond donors (Lipinski definition) is 0. The highest BCUT2D eigenvalue weighted by atomic mass is 32.2. The van der Waals surface area contributed by atoms with Crippen molar-refractivity contribution in [2.75, 3.05) is 31.1 Å². The van der Waals surface area contributed by atoms with Crippen molar-refractivity contribution in [3.63, 3.8) is 0 Å². The van der Waals surface area contributed by atoms with Gasteiger partial charge in [0.15, 0.2) is 0 Å². The number of nitrogens with zero attached hydrogens (tertiary/aromatic N) is 4. The Bertz CT molecular complexity index is 1060. The first kappa shape index (κ1) is 21.8. The van der Waals surface area contributed by atoms with Gasteiger partial charge in [-0.2, -0.15) is 14.6 Å². The van der Waals surface area contributed by atoms with Crippen LogP contribution in [0.5, 0.6) is 0 Å². The Labute approximate surface area is 183 Å². The van der Waals surface area contributed by atoms with E-state index in [1.54, 1.807) is 28.6 Å². The lowest BCUT2D eigenvalue weighted by molar-refractivity contribution is -0.00638. The van der Waals surface area contributed by atoms with Crippen molar-refractivity contribution in [2.24, 2.45) is 5.92 Å². The molecule has 0 aliphatic carbocycles. The van der Waals surface area contributed by atoms with Crippen molar-refractivity contribution in [2.45, 2.75) is 50.7 Å². The molecule has 2 aromatic rings. The summed E-state index contributed by atoms with van der Waals surface area (Å²) in [7, 11) is -3.51. The molecular formula is C22H28N4O4S. The minimum atomic E-state index is -3.51. The molecule has 0 radical (unpaired) electrons. The van der Waals surface area contributed by atoms with Crippen LogP contribution in [-0.4, -0.2) is 56.1 Å². The van der Waals surface area contributed by atoms with Crippen molar-refractivity contribution in [1.29, 1.82) is 5.26 Å². The number of ether oxygens (including phenoxy) is 1. The summed E-state index contributed by atoms with van der Waals surface area (Å²) in [6.45, 7) is 8.44. The van der Waals surface area contributed by atoms with Gasteiger partial charge in [-0.1, -0.05) is 6.92 Å². The smallest absolute Gasteiger partial charge is 0.243 e. The fraction of sp³-hybridized carbons (Fsp3) is 0.545. The van der Waals surface area contributed by atoms with Crippen LogP contribution in [0.2, 0.25) is 0 Å². The van der Waals surface area contributed by atoms with Crippen LogP contribution in [-0.2, 0) is 14.8 Å². The number of rotatable bonds is 4. The van der Waals surface area contributed by atoms with Gasteiger partial charge >= 0.3 is 0 Å². The normalized spacial score (nSPS) is 23.6. The minimum absolute atomic E-state index is 0.0195. The highest BCUT2D eigenvalue weighted by Gasteiger charge is 2.30. The predicted molar refractivity (Wildman–Crippen MR) is 116 cm³/mol. The number of anilines is 1. The quantitative estimate of drug-likeness (QED) is 0.714. The van der Waals surface area contributed by atoms with Crippen LogP contribution in [0.3, 0.4) is 0 Å². The SMILES string of the molecule is CC1CCN(S(=O)(=O)c2ccc(-c3nc(C#N)c(N4CC(C)OC(C)C4)o3)cc2)CC1. The Morgan fingerprint density at radius 3 is 2.26 bits per heavy atom. The summed E-state index contributed by atoms with van der Waals surface area (Å²) in [5.74, 6) is 1.28. The maximum atomic E-state index is 12.9. The molecule has 166 valence electrons. The summed E-state index contributed by atoms with van der Waals surface area (Å²) in [6, 6.07) is 8.63. The molecule has 2 atom stereocenters. The largest absolute Gasteiger partial charge is 0.419 e. The molecule has 0 N–H and O–H groups in total. The Balaban J connectivity index is 1.57. The maximum absolute atomic E-state index is 12.9. The van der Waals surface area contributed by atoms with E-state index in [9.17, 15) is 13.7 Å². The summed E-state index contributed by atoms with van der Waals surface area (Å²) in [5, 5.41) is 9.54. The molecule has 8 nitrogen and oxygen atoms in total. The molecule has 0 spiro atoms. The molecule has 0 saturated carbocycles. The third kappa shape index (κ3) is 4.47. The molecule has 2 fully saturated rings. The van der Waals surface area contributed by atoms with Crippen molar-refractivity contribution >= 4 is 15.9 Å². The molecule has 9 heteroatoms. The molecule has 0 amide bonds. The second-order valence-corrected chi connectivity index (χ2v) is 10.5.